The zero-order chi connectivity index (χ0) is 20.6. The molecule has 0 fully saturated rings. The number of ether oxygens (including phenoxy) is 2. The number of hydrogen-bond donors (Lipinski definition) is 1. The second-order valence-electron chi connectivity index (χ2n) is 5.68. The lowest BCUT2D eigenvalue weighted by molar-refractivity contribution is -0.156. The Hall–Kier alpha value is -2.30. The van der Waals surface area contributed by atoms with Gasteiger partial charge in [0.25, 0.3) is 10.1 Å². The van der Waals surface area contributed by atoms with Crippen molar-refractivity contribution < 1.29 is 36.5 Å². The lowest BCUT2D eigenvalue weighted by Crippen LogP contribution is -2.29. The zero-order valence-corrected chi connectivity index (χ0v) is 16.4. The molecule has 1 aromatic carbocycles. The molecule has 0 saturated carbocycles. The Balaban J connectivity index is 2.82. The van der Waals surface area contributed by atoms with Crippen molar-refractivity contribution in [3.8, 4) is 0 Å². The minimum Gasteiger partial charge on any atom is -0.463 e. The number of nitrogens with one attached hydrogen (secondary N) is 1. The molecule has 0 spiro atoms. The van der Waals surface area contributed by atoms with E-state index in [2.05, 4.69) is 9.50 Å². The maximum Gasteiger partial charge on any atom is 0.334 e. The van der Waals surface area contributed by atoms with Gasteiger partial charge in [0.1, 0.15) is 17.3 Å². The van der Waals surface area contributed by atoms with Crippen LogP contribution in [-0.2, 0) is 38.2 Å². The highest BCUT2D eigenvalue weighted by molar-refractivity contribution is 7.87. The molecular formula is C17H23NO8S. The lowest BCUT2D eigenvalue weighted by atomic mass is 10.0. The van der Waals surface area contributed by atoms with Crippen LogP contribution in [0.2, 0.25) is 0 Å². The number of hydrogen-bond acceptors (Lipinski definition) is 8. The Morgan fingerprint density at radius 2 is 1.78 bits per heavy atom. The molecule has 1 N–H and O–H groups in total. The van der Waals surface area contributed by atoms with E-state index in [1.165, 1.54) is 39.2 Å². The van der Waals surface area contributed by atoms with Crippen LogP contribution in [0.4, 0.5) is 5.69 Å². The van der Waals surface area contributed by atoms with Crippen LogP contribution in [0.25, 0.3) is 0 Å². The Morgan fingerprint density at radius 1 is 1.15 bits per heavy atom. The molecule has 0 aliphatic rings. The van der Waals surface area contributed by atoms with Crippen molar-refractivity contribution >= 4 is 33.5 Å². The van der Waals surface area contributed by atoms with Gasteiger partial charge in [-0.05, 0) is 26.0 Å². The zero-order valence-electron chi connectivity index (χ0n) is 15.6. The molecule has 0 heterocycles. The third kappa shape index (κ3) is 6.74. The largest absolute Gasteiger partial charge is 0.463 e. The summed E-state index contributed by atoms with van der Waals surface area (Å²) in [5.41, 5.74) is 0.0247. The fourth-order valence-electron chi connectivity index (χ4n) is 2.02. The van der Waals surface area contributed by atoms with Gasteiger partial charge in [-0.1, -0.05) is 12.1 Å². The van der Waals surface area contributed by atoms with Crippen LogP contribution >= 0.6 is 0 Å². The highest BCUT2D eigenvalue weighted by Gasteiger charge is 2.24. The van der Waals surface area contributed by atoms with Crippen molar-refractivity contribution in [3.63, 3.8) is 0 Å². The summed E-state index contributed by atoms with van der Waals surface area (Å²) in [4.78, 5) is 35.4. The number of Topliss-reactive ketones (excluding diaryl/α,β-unsaturated/α-hetero) is 1. The van der Waals surface area contributed by atoms with Crippen LogP contribution in [0.5, 0.6) is 0 Å². The van der Waals surface area contributed by atoms with Crippen LogP contribution in [-0.4, -0.2) is 53.0 Å². The van der Waals surface area contributed by atoms with Crippen molar-refractivity contribution in [2.24, 2.45) is 5.92 Å². The average molecular weight is 401 g/mol. The van der Waals surface area contributed by atoms with Crippen LogP contribution in [0.15, 0.2) is 29.2 Å². The van der Waals surface area contributed by atoms with Crippen molar-refractivity contribution in [2.75, 3.05) is 26.1 Å². The Bertz CT molecular complexity index is 790. The molecule has 2 unspecified atom stereocenters. The average Bonchev–Trinajstić information content (AvgIpc) is 2.64. The normalized spacial score (nSPS) is 13.5. The van der Waals surface area contributed by atoms with Gasteiger partial charge in [0.15, 0.2) is 6.10 Å². The van der Waals surface area contributed by atoms with Crippen LogP contribution in [0.1, 0.15) is 20.3 Å². The van der Waals surface area contributed by atoms with Crippen LogP contribution in [0, 0.1) is 5.92 Å². The van der Waals surface area contributed by atoms with Crippen molar-refractivity contribution in [1.82, 2.24) is 0 Å². The smallest absolute Gasteiger partial charge is 0.334 e. The summed E-state index contributed by atoms with van der Waals surface area (Å²) >= 11 is 0. The second kappa shape index (κ2) is 10.1. The monoisotopic (exact) mass is 401 g/mol. The van der Waals surface area contributed by atoms with Gasteiger partial charge in [0.2, 0.25) is 5.91 Å². The van der Waals surface area contributed by atoms with E-state index in [-0.39, 0.29) is 29.4 Å². The summed E-state index contributed by atoms with van der Waals surface area (Å²) in [6.07, 6.45) is -1.08. The van der Waals surface area contributed by atoms with E-state index in [1.54, 1.807) is 6.07 Å². The molecule has 0 saturated heterocycles. The fourth-order valence-corrected chi connectivity index (χ4v) is 2.83. The summed E-state index contributed by atoms with van der Waals surface area (Å²) < 4.78 is 38.1. The van der Waals surface area contributed by atoms with Crippen LogP contribution in [0.3, 0.4) is 0 Å². The van der Waals surface area contributed by atoms with Gasteiger partial charge in [-0.15, -0.1) is 0 Å². The number of carbonyl (C=O) groups excluding carboxylic acids is 3. The van der Waals surface area contributed by atoms with Crippen LogP contribution < -0.4 is 5.32 Å². The van der Waals surface area contributed by atoms with Crippen molar-refractivity contribution in [3.05, 3.63) is 24.3 Å². The first-order chi connectivity index (χ1) is 12.6. The number of para-hydroxylation sites is 1. The summed E-state index contributed by atoms with van der Waals surface area (Å²) in [6, 6.07) is 5.70. The topological polar surface area (TPSA) is 125 Å². The molecule has 0 aliphatic carbocycles. The number of ketones is 1. The first-order valence-electron chi connectivity index (χ1n) is 8.01. The maximum absolute atomic E-state index is 12.3. The summed E-state index contributed by atoms with van der Waals surface area (Å²) in [5.74, 6) is -2.48. The van der Waals surface area contributed by atoms with Gasteiger partial charge in [-0.3, -0.25) is 13.8 Å². The number of methoxy groups -OCH3 is 1. The predicted octanol–water partition coefficient (Wildman–Crippen LogP) is 1.13. The number of anilines is 1. The number of carbonyl (C=O) groups is 3. The number of rotatable bonds is 10. The van der Waals surface area contributed by atoms with Gasteiger partial charge < -0.3 is 14.8 Å². The van der Waals surface area contributed by atoms with Crippen molar-refractivity contribution in [1.29, 1.82) is 0 Å². The summed E-state index contributed by atoms with van der Waals surface area (Å²) in [5, 5.41) is 2.44. The molecule has 150 valence electrons. The molecule has 0 bridgehead atoms. The maximum atomic E-state index is 12.3. The Kier molecular flexibility index (Phi) is 8.54. The molecule has 0 aliphatic heterocycles. The third-order valence-electron chi connectivity index (χ3n) is 3.77. The molecule has 1 aromatic rings. The number of amides is 1. The van der Waals surface area contributed by atoms with Gasteiger partial charge >= 0.3 is 5.97 Å². The van der Waals surface area contributed by atoms with Gasteiger partial charge in [-0.2, -0.15) is 8.42 Å². The Morgan fingerprint density at radius 3 is 2.33 bits per heavy atom. The minimum absolute atomic E-state index is 0.0247. The standard InChI is InChI=1S/C17H23NO8S/c1-11(19)13(10-26-17(21)12(2)24-3)9-16(20)18-14-7-5-6-8-15(14)27(22,23)25-4/h5-8,12-13H,9-10H2,1-4H3,(H,18,20). The molecule has 0 aromatic heterocycles. The second-order valence-corrected chi connectivity index (χ2v) is 7.37. The summed E-state index contributed by atoms with van der Waals surface area (Å²) in [6.45, 7) is 2.48. The van der Waals surface area contributed by atoms with E-state index in [1.807, 2.05) is 0 Å². The highest BCUT2D eigenvalue weighted by Crippen LogP contribution is 2.23. The molecule has 10 heteroatoms. The van der Waals surface area contributed by atoms with E-state index < -0.39 is 34.0 Å². The molecule has 2 atom stereocenters. The predicted molar refractivity (Wildman–Crippen MR) is 95.5 cm³/mol. The number of esters is 1. The Labute approximate surface area is 158 Å². The lowest BCUT2D eigenvalue weighted by Gasteiger charge is -2.16. The minimum atomic E-state index is -4.02. The van der Waals surface area contributed by atoms with Crippen molar-refractivity contribution in [2.45, 2.75) is 31.3 Å². The first-order valence-corrected chi connectivity index (χ1v) is 9.42. The van der Waals surface area contributed by atoms with E-state index in [0.717, 1.165) is 7.11 Å². The molecule has 9 nitrogen and oxygen atoms in total. The van der Waals surface area contributed by atoms with Gasteiger partial charge in [0.05, 0.1) is 18.7 Å². The highest BCUT2D eigenvalue weighted by atomic mass is 32.2. The molecule has 1 amide bonds. The van der Waals surface area contributed by atoms with E-state index in [9.17, 15) is 22.8 Å². The SMILES string of the molecule is COC(C)C(=O)OCC(CC(=O)Nc1ccccc1S(=O)(=O)OC)C(C)=O. The van der Waals surface area contributed by atoms with Gasteiger partial charge in [0, 0.05) is 13.5 Å². The third-order valence-corrected chi connectivity index (χ3v) is 5.10. The quantitative estimate of drug-likeness (QED) is 0.457. The van der Waals surface area contributed by atoms with E-state index >= 15 is 0 Å². The molecule has 1 rings (SSSR count). The summed E-state index contributed by atoms with van der Waals surface area (Å²) in [7, 11) is -1.67. The molecule has 27 heavy (non-hydrogen) atoms. The first kappa shape index (κ1) is 22.7. The fraction of sp³-hybridized carbons (Fsp3) is 0.471. The van der Waals surface area contributed by atoms with Gasteiger partial charge in [-0.25, -0.2) is 4.79 Å². The van der Waals surface area contributed by atoms with E-state index in [4.69, 9.17) is 9.47 Å². The van der Waals surface area contributed by atoms with E-state index in [0.29, 0.717) is 0 Å². The molecular weight excluding hydrogens is 378 g/mol. The number of benzene rings is 1. The molecule has 0 radical (unpaired) electrons.